The van der Waals surface area contributed by atoms with Crippen LogP contribution in [0.5, 0.6) is 0 Å². The van der Waals surface area contributed by atoms with Gasteiger partial charge < -0.3 is 15.2 Å². The van der Waals surface area contributed by atoms with E-state index in [1.807, 2.05) is 6.07 Å². The number of hydrogen-bond acceptors (Lipinski definition) is 3. The molecule has 0 bridgehead atoms. The largest absolute Gasteiger partial charge is 0.381 e. The van der Waals surface area contributed by atoms with Crippen LogP contribution in [0.2, 0.25) is 0 Å². The van der Waals surface area contributed by atoms with Crippen molar-refractivity contribution in [1.82, 2.24) is 0 Å². The molecule has 3 heteroatoms. The highest BCUT2D eigenvalue weighted by atomic mass is 16.5. The van der Waals surface area contributed by atoms with Gasteiger partial charge in [0.2, 0.25) is 0 Å². The summed E-state index contributed by atoms with van der Waals surface area (Å²) in [4.78, 5) is 0. The highest BCUT2D eigenvalue weighted by Gasteiger charge is 2.39. The molecule has 94 valence electrons. The van der Waals surface area contributed by atoms with Gasteiger partial charge in [-0.25, -0.2) is 0 Å². The second-order valence-electron chi connectivity index (χ2n) is 4.77. The third-order valence-corrected chi connectivity index (χ3v) is 3.71. The summed E-state index contributed by atoms with van der Waals surface area (Å²) in [5.41, 5.74) is 8.51. The maximum absolute atomic E-state index is 6.40. The van der Waals surface area contributed by atoms with Crippen LogP contribution >= 0.6 is 0 Å². The van der Waals surface area contributed by atoms with Gasteiger partial charge in [-0.2, -0.15) is 0 Å². The fourth-order valence-electron chi connectivity index (χ4n) is 2.53. The molecule has 1 aliphatic rings. The summed E-state index contributed by atoms with van der Waals surface area (Å²) in [7, 11) is 1.75. The van der Waals surface area contributed by atoms with Crippen LogP contribution in [0.4, 0.5) is 0 Å². The molecule has 0 aromatic heterocycles. The number of nitrogens with two attached hydrogens (primary N) is 1. The van der Waals surface area contributed by atoms with Gasteiger partial charge in [0.05, 0.1) is 11.6 Å². The average Bonchev–Trinajstić information content (AvgIpc) is 2.38. The quantitative estimate of drug-likeness (QED) is 0.873. The predicted octanol–water partition coefficient (Wildman–Crippen LogP) is 2.19. The first-order chi connectivity index (χ1) is 8.18. The molecule has 0 aliphatic carbocycles. The highest BCUT2D eigenvalue weighted by Crippen LogP contribution is 2.35. The van der Waals surface area contributed by atoms with Crippen molar-refractivity contribution < 1.29 is 9.47 Å². The SMILES string of the molecule is COC1(C(N)c2cccc(C)c2)CCOCC1. The Kier molecular flexibility index (Phi) is 3.82. The predicted molar refractivity (Wildman–Crippen MR) is 67.9 cm³/mol. The number of rotatable bonds is 3. The first-order valence-corrected chi connectivity index (χ1v) is 6.13. The lowest BCUT2D eigenvalue weighted by Crippen LogP contribution is -2.47. The number of hydrogen-bond donors (Lipinski definition) is 1. The lowest BCUT2D eigenvalue weighted by molar-refractivity contribution is -0.105. The minimum Gasteiger partial charge on any atom is -0.381 e. The molecule has 1 fully saturated rings. The van der Waals surface area contributed by atoms with Crippen molar-refractivity contribution >= 4 is 0 Å². The van der Waals surface area contributed by atoms with E-state index in [2.05, 4.69) is 25.1 Å². The van der Waals surface area contributed by atoms with Crippen LogP contribution in [0.25, 0.3) is 0 Å². The van der Waals surface area contributed by atoms with Crippen LogP contribution in [0.1, 0.15) is 30.0 Å². The van der Waals surface area contributed by atoms with Crippen molar-refractivity contribution in [2.45, 2.75) is 31.4 Å². The molecule has 1 aromatic rings. The number of ether oxygens (including phenoxy) is 2. The molecule has 1 heterocycles. The van der Waals surface area contributed by atoms with Gasteiger partial charge in [0.1, 0.15) is 0 Å². The van der Waals surface area contributed by atoms with E-state index in [1.165, 1.54) is 5.56 Å². The van der Waals surface area contributed by atoms with Crippen LogP contribution in [0.3, 0.4) is 0 Å². The lowest BCUT2D eigenvalue weighted by Gasteiger charge is -2.40. The van der Waals surface area contributed by atoms with Crippen molar-refractivity contribution in [3.05, 3.63) is 35.4 Å². The standard InChI is InChI=1S/C14H21NO2/c1-11-4-3-5-12(10-11)13(15)14(16-2)6-8-17-9-7-14/h3-5,10,13H,6-9,15H2,1-2H3. The van der Waals surface area contributed by atoms with Crippen LogP contribution in [-0.2, 0) is 9.47 Å². The van der Waals surface area contributed by atoms with E-state index < -0.39 is 0 Å². The molecule has 2 N–H and O–H groups in total. The zero-order valence-electron chi connectivity index (χ0n) is 10.6. The Labute approximate surface area is 103 Å². The smallest absolute Gasteiger partial charge is 0.0914 e. The fourth-order valence-corrected chi connectivity index (χ4v) is 2.53. The van der Waals surface area contributed by atoms with Gasteiger partial charge in [-0.05, 0) is 12.5 Å². The van der Waals surface area contributed by atoms with E-state index in [-0.39, 0.29) is 11.6 Å². The van der Waals surface area contributed by atoms with Crippen LogP contribution in [0.15, 0.2) is 24.3 Å². The number of benzene rings is 1. The van der Waals surface area contributed by atoms with Gasteiger partial charge in [-0.3, -0.25) is 0 Å². The Bertz CT molecular complexity index is 372. The van der Waals surface area contributed by atoms with Gasteiger partial charge in [0.25, 0.3) is 0 Å². The molecule has 2 rings (SSSR count). The summed E-state index contributed by atoms with van der Waals surface area (Å²) in [6, 6.07) is 8.26. The first kappa shape index (κ1) is 12.6. The zero-order chi connectivity index (χ0) is 12.3. The Balaban J connectivity index is 2.24. The molecular weight excluding hydrogens is 214 g/mol. The van der Waals surface area contributed by atoms with E-state index in [0.717, 1.165) is 31.6 Å². The fraction of sp³-hybridized carbons (Fsp3) is 0.571. The molecule has 0 amide bonds. The summed E-state index contributed by atoms with van der Waals surface area (Å²) >= 11 is 0. The third kappa shape index (κ3) is 2.51. The molecule has 1 aliphatic heterocycles. The Morgan fingerprint density at radius 2 is 2.06 bits per heavy atom. The number of methoxy groups -OCH3 is 1. The van der Waals surface area contributed by atoms with E-state index in [4.69, 9.17) is 15.2 Å². The molecule has 0 spiro atoms. The summed E-state index contributed by atoms with van der Waals surface area (Å²) in [5, 5.41) is 0. The van der Waals surface area contributed by atoms with Gasteiger partial charge in [-0.15, -0.1) is 0 Å². The Hall–Kier alpha value is -0.900. The van der Waals surface area contributed by atoms with Crippen LogP contribution in [0, 0.1) is 6.92 Å². The van der Waals surface area contributed by atoms with E-state index in [1.54, 1.807) is 7.11 Å². The minimum atomic E-state index is -0.272. The molecule has 3 nitrogen and oxygen atoms in total. The summed E-state index contributed by atoms with van der Waals surface area (Å²) in [6.45, 7) is 3.54. The Morgan fingerprint density at radius 3 is 2.65 bits per heavy atom. The Morgan fingerprint density at radius 1 is 1.35 bits per heavy atom. The van der Waals surface area contributed by atoms with E-state index in [0.29, 0.717) is 0 Å². The first-order valence-electron chi connectivity index (χ1n) is 6.13. The van der Waals surface area contributed by atoms with Crippen molar-refractivity contribution in [2.75, 3.05) is 20.3 Å². The van der Waals surface area contributed by atoms with Crippen molar-refractivity contribution in [3.63, 3.8) is 0 Å². The number of aryl methyl sites for hydroxylation is 1. The minimum absolute atomic E-state index is 0.0868. The third-order valence-electron chi connectivity index (χ3n) is 3.71. The topological polar surface area (TPSA) is 44.5 Å². The molecule has 0 saturated carbocycles. The summed E-state index contributed by atoms with van der Waals surface area (Å²) < 4.78 is 11.1. The monoisotopic (exact) mass is 235 g/mol. The molecule has 0 radical (unpaired) electrons. The summed E-state index contributed by atoms with van der Waals surface area (Å²) in [5.74, 6) is 0. The second kappa shape index (κ2) is 5.17. The highest BCUT2D eigenvalue weighted by molar-refractivity contribution is 5.27. The molecule has 17 heavy (non-hydrogen) atoms. The van der Waals surface area contributed by atoms with Gasteiger partial charge in [-0.1, -0.05) is 29.8 Å². The molecule has 1 atom stereocenters. The van der Waals surface area contributed by atoms with Gasteiger partial charge >= 0.3 is 0 Å². The molecule has 1 unspecified atom stereocenters. The maximum atomic E-state index is 6.40. The molecule has 1 saturated heterocycles. The zero-order valence-corrected chi connectivity index (χ0v) is 10.6. The second-order valence-corrected chi connectivity index (χ2v) is 4.77. The van der Waals surface area contributed by atoms with E-state index >= 15 is 0 Å². The maximum Gasteiger partial charge on any atom is 0.0914 e. The summed E-state index contributed by atoms with van der Waals surface area (Å²) in [6.07, 6.45) is 1.72. The normalized spacial score (nSPS) is 21.1. The molecular formula is C14H21NO2. The van der Waals surface area contributed by atoms with Crippen molar-refractivity contribution in [2.24, 2.45) is 5.73 Å². The van der Waals surface area contributed by atoms with Crippen molar-refractivity contribution in [3.8, 4) is 0 Å². The van der Waals surface area contributed by atoms with Gasteiger partial charge in [0, 0.05) is 33.2 Å². The average molecular weight is 235 g/mol. The molecule has 1 aromatic carbocycles. The van der Waals surface area contributed by atoms with Crippen LogP contribution < -0.4 is 5.73 Å². The van der Waals surface area contributed by atoms with Crippen LogP contribution in [-0.4, -0.2) is 25.9 Å². The van der Waals surface area contributed by atoms with Gasteiger partial charge in [0.15, 0.2) is 0 Å². The lowest BCUT2D eigenvalue weighted by atomic mass is 9.82. The van der Waals surface area contributed by atoms with Crippen molar-refractivity contribution in [1.29, 1.82) is 0 Å². The van der Waals surface area contributed by atoms with E-state index in [9.17, 15) is 0 Å².